The minimum Gasteiger partial charge on any atom is -0.374 e. The first-order valence-corrected chi connectivity index (χ1v) is 3.76. The molecule has 0 atom stereocenters. The number of rotatable bonds is 3. The topological polar surface area (TPSA) is 61.0 Å². The molecule has 5 heteroatoms. The molecule has 56 valence electrons. The van der Waals surface area contributed by atoms with Gasteiger partial charge in [0.05, 0.1) is 0 Å². The SMILES string of the molecule is CCOCc1nsc(N)n1. The monoisotopic (exact) mass is 159 g/mol. The van der Waals surface area contributed by atoms with Crippen LogP contribution in [0.25, 0.3) is 0 Å². The van der Waals surface area contributed by atoms with Gasteiger partial charge in [-0.25, -0.2) is 4.98 Å². The molecule has 2 N–H and O–H groups in total. The molecule has 1 aromatic rings. The van der Waals surface area contributed by atoms with Crippen molar-refractivity contribution in [2.24, 2.45) is 0 Å². The Balaban J connectivity index is 2.42. The lowest BCUT2D eigenvalue weighted by Crippen LogP contribution is -1.94. The fourth-order valence-corrected chi connectivity index (χ4v) is 0.958. The summed E-state index contributed by atoms with van der Waals surface area (Å²) in [5, 5.41) is 0.495. The van der Waals surface area contributed by atoms with E-state index in [1.54, 1.807) is 0 Å². The second kappa shape index (κ2) is 3.48. The van der Waals surface area contributed by atoms with E-state index in [-0.39, 0.29) is 0 Å². The Morgan fingerprint density at radius 3 is 3.00 bits per heavy atom. The van der Waals surface area contributed by atoms with Crippen molar-refractivity contribution in [2.45, 2.75) is 13.5 Å². The molecule has 0 amide bonds. The van der Waals surface area contributed by atoms with Gasteiger partial charge in [0.15, 0.2) is 11.0 Å². The molecule has 0 saturated carbocycles. The highest BCUT2D eigenvalue weighted by Crippen LogP contribution is 2.05. The Bertz CT molecular complexity index is 201. The summed E-state index contributed by atoms with van der Waals surface area (Å²) in [5.74, 6) is 0.671. The van der Waals surface area contributed by atoms with Gasteiger partial charge in [-0.05, 0) is 6.92 Å². The summed E-state index contributed by atoms with van der Waals surface area (Å²) in [7, 11) is 0. The normalized spacial score (nSPS) is 10.1. The molecule has 0 bridgehead atoms. The third kappa shape index (κ3) is 1.93. The maximum atomic E-state index is 5.34. The zero-order chi connectivity index (χ0) is 7.40. The number of anilines is 1. The van der Waals surface area contributed by atoms with Crippen LogP contribution in [0, 0.1) is 0 Å². The van der Waals surface area contributed by atoms with Gasteiger partial charge in [-0.15, -0.1) is 0 Å². The van der Waals surface area contributed by atoms with E-state index in [9.17, 15) is 0 Å². The van der Waals surface area contributed by atoms with Crippen molar-refractivity contribution in [1.29, 1.82) is 0 Å². The summed E-state index contributed by atoms with van der Waals surface area (Å²) in [6, 6.07) is 0. The van der Waals surface area contributed by atoms with Crippen LogP contribution in [0.2, 0.25) is 0 Å². The van der Waals surface area contributed by atoms with Gasteiger partial charge in [0, 0.05) is 18.1 Å². The number of hydrogen-bond donors (Lipinski definition) is 1. The van der Waals surface area contributed by atoms with Crippen molar-refractivity contribution >= 4 is 16.7 Å². The Morgan fingerprint density at radius 2 is 2.50 bits per heavy atom. The molecule has 0 aliphatic heterocycles. The fraction of sp³-hybridized carbons (Fsp3) is 0.600. The van der Waals surface area contributed by atoms with Crippen LogP contribution >= 0.6 is 11.5 Å². The predicted octanol–water partition coefficient (Wildman–Crippen LogP) is 0.657. The van der Waals surface area contributed by atoms with Gasteiger partial charge in [-0.3, -0.25) is 0 Å². The van der Waals surface area contributed by atoms with Crippen LogP contribution in [-0.2, 0) is 11.3 Å². The Morgan fingerprint density at radius 1 is 1.70 bits per heavy atom. The molecule has 0 aliphatic rings. The van der Waals surface area contributed by atoms with Gasteiger partial charge in [0.1, 0.15) is 6.61 Å². The van der Waals surface area contributed by atoms with Crippen molar-refractivity contribution < 1.29 is 4.74 Å². The van der Waals surface area contributed by atoms with E-state index in [4.69, 9.17) is 10.5 Å². The fourth-order valence-electron chi connectivity index (χ4n) is 0.519. The highest BCUT2D eigenvalue weighted by Gasteiger charge is 1.98. The minimum absolute atomic E-state index is 0.462. The lowest BCUT2D eigenvalue weighted by Gasteiger charge is -1.92. The average molecular weight is 159 g/mol. The molecule has 0 saturated heterocycles. The molecule has 4 nitrogen and oxygen atoms in total. The summed E-state index contributed by atoms with van der Waals surface area (Å²) in [6.45, 7) is 3.07. The van der Waals surface area contributed by atoms with Crippen molar-refractivity contribution in [3.8, 4) is 0 Å². The van der Waals surface area contributed by atoms with Crippen LogP contribution in [0.5, 0.6) is 0 Å². The van der Waals surface area contributed by atoms with E-state index in [1.807, 2.05) is 6.92 Å². The van der Waals surface area contributed by atoms with Gasteiger partial charge in [-0.1, -0.05) is 0 Å². The van der Waals surface area contributed by atoms with Crippen molar-refractivity contribution in [3.63, 3.8) is 0 Å². The number of nitrogens with two attached hydrogens (primary N) is 1. The van der Waals surface area contributed by atoms with E-state index in [0.29, 0.717) is 24.2 Å². The Hall–Kier alpha value is -0.680. The quantitative estimate of drug-likeness (QED) is 0.703. The third-order valence-corrected chi connectivity index (χ3v) is 1.50. The molecule has 1 heterocycles. The van der Waals surface area contributed by atoms with Gasteiger partial charge in [0.2, 0.25) is 0 Å². The van der Waals surface area contributed by atoms with Gasteiger partial charge in [-0.2, -0.15) is 4.37 Å². The van der Waals surface area contributed by atoms with Crippen LogP contribution in [0.1, 0.15) is 12.7 Å². The molecule has 10 heavy (non-hydrogen) atoms. The zero-order valence-corrected chi connectivity index (χ0v) is 6.52. The van der Waals surface area contributed by atoms with E-state index in [2.05, 4.69) is 9.36 Å². The van der Waals surface area contributed by atoms with Crippen molar-refractivity contribution in [2.75, 3.05) is 12.3 Å². The second-order valence-corrected chi connectivity index (χ2v) is 2.47. The molecule has 0 aromatic carbocycles. The van der Waals surface area contributed by atoms with Crippen LogP contribution in [0.3, 0.4) is 0 Å². The third-order valence-electron chi connectivity index (χ3n) is 0.919. The van der Waals surface area contributed by atoms with Crippen molar-refractivity contribution in [3.05, 3.63) is 5.82 Å². The molecular formula is C5H9N3OS. The molecule has 0 fully saturated rings. The summed E-state index contributed by atoms with van der Waals surface area (Å²) >= 11 is 1.19. The summed E-state index contributed by atoms with van der Waals surface area (Å²) in [6.07, 6.45) is 0. The van der Waals surface area contributed by atoms with E-state index in [0.717, 1.165) is 0 Å². The minimum atomic E-state index is 0.462. The van der Waals surface area contributed by atoms with Gasteiger partial charge < -0.3 is 10.5 Å². The molecular weight excluding hydrogens is 150 g/mol. The number of nitrogens with zero attached hydrogens (tertiary/aromatic N) is 2. The number of nitrogen functional groups attached to an aromatic ring is 1. The molecule has 1 aromatic heterocycles. The standard InChI is InChI=1S/C5H9N3OS/c1-2-9-3-4-7-5(6)10-8-4/h2-3H2,1H3,(H2,6,7,8). The lowest BCUT2D eigenvalue weighted by atomic mass is 10.7. The maximum absolute atomic E-state index is 5.34. The first-order valence-electron chi connectivity index (χ1n) is 2.98. The highest BCUT2D eigenvalue weighted by molar-refractivity contribution is 7.09. The number of hydrogen-bond acceptors (Lipinski definition) is 5. The molecule has 0 unspecified atom stereocenters. The van der Waals surface area contributed by atoms with Gasteiger partial charge in [0.25, 0.3) is 0 Å². The lowest BCUT2D eigenvalue weighted by molar-refractivity contribution is 0.129. The Kier molecular flexibility index (Phi) is 2.58. The highest BCUT2D eigenvalue weighted by atomic mass is 32.1. The second-order valence-electron chi connectivity index (χ2n) is 1.69. The van der Waals surface area contributed by atoms with Crippen LogP contribution in [0.15, 0.2) is 0 Å². The largest absolute Gasteiger partial charge is 0.374 e. The van der Waals surface area contributed by atoms with E-state index < -0.39 is 0 Å². The van der Waals surface area contributed by atoms with Crippen molar-refractivity contribution in [1.82, 2.24) is 9.36 Å². The first-order chi connectivity index (χ1) is 4.83. The van der Waals surface area contributed by atoms with Crippen LogP contribution < -0.4 is 5.73 Å². The molecule has 0 spiro atoms. The van der Waals surface area contributed by atoms with Gasteiger partial charge >= 0.3 is 0 Å². The summed E-state index contributed by atoms with van der Waals surface area (Å²) < 4.78 is 8.99. The predicted molar refractivity (Wildman–Crippen MR) is 39.7 cm³/mol. The van der Waals surface area contributed by atoms with Crippen LogP contribution in [0.4, 0.5) is 5.13 Å². The molecule has 0 radical (unpaired) electrons. The number of aromatic nitrogens is 2. The number of ether oxygens (including phenoxy) is 1. The Labute approximate surface area is 63.2 Å². The summed E-state index contributed by atoms with van der Waals surface area (Å²) in [4.78, 5) is 3.91. The average Bonchev–Trinajstić information content (AvgIpc) is 2.31. The molecule has 1 rings (SSSR count). The first kappa shape index (κ1) is 7.43. The zero-order valence-electron chi connectivity index (χ0n) is 5.70. The van der Waals surface area contributed by atoms with E-state index >= 15 is 0 Å². The smallest absolute Gasteiger partial charge is 0.200 e. The molecule has 0 aliphatic carbocycles. The maximum Gasteiger partial charge on any atom is 0.200 e. The summed E-state index contributed by atoms with van der Waals surface area (Å²) in [5.41, 5.74) is 5.34. The van der Waals surface area contributed by atoms with Crippen LogP contribution in [-0.4, -0.2) is 16.0 Å². The van der Waals surface area contributed by atoms with E-state index in [1.165, 1.54) is 11.5 Å².